The summed E-state index contributed by atoms with van der Waals surface area (Å²) in [6.07, 6.45) is 0. The first-order valence-electron chi connectivity index (χ1n) is 10.7. The number of piperazine rings is 1. The fourth-order valence-electron chi connectivity index (χ4n) is 3.44. The van der Waals surface area contributed by atoms with Gasteiger partial charge in [-0.25, -0.2) is 0 Å². The molecule has 3 N–H and O–H groups in total. The van der Waals surface area contributed by atoms with Gasteiger partial charge in [-0.3, -0.25) is 10.1 Å². The van der Waals surface area contributed by atoms with Gasteiger partial charge in [-0.2, -0.15) is 0 Å². The van der Waals surface area contributed by atoms with Crippen molar-refractivity contribution in [1.29, 1.82) is 0 Å². The number of carbonyl (C=O) groups is 1. The van der Waals surface area contributed by atoms with Gasteiger partial charge in [0.05, 0.1) is 46.4 Å². The van der Waals surface area contributed by atoms with Gasteiger partial charge in [-0.1, -0.05) is 0 Å². The molecule has 0 unspecified atom stereocenters. The zero-order valence-corrected chi connectivity index (χ0v) is 19.2. The summed E-state index contributed by atoms with van der Waals surface area (Å²) in [7, 11) is 2.23. The lowest BCUT2D eigenvalue weighted by Gasteiger charge is -2.31. The number of carbonyl (C=O) groups excluding carboxylic acids is 1. The van der Waals surface area contributed by atoms with Crippen molar-refractivity contribution >= 4 is 34.6 Å². The second-order valence-electron chi connectivity index (χ2n) is 7.46. The summed E-state index contributed by atoms with van der Waals surface area (Å²) in [4.78, 5) is 16.6. The minimum absolute atomic E-state index is 0.237. The van der Waals surface area contributed by atoms with Crippen LogP contribution >= 0.6 is 12.2 Å². The maximum Gasteiger partial charge on any atom is 0.257 e. The molecule has 31 heavy (non-hydrogen) atoms. The summed E-state index contributed by atoms with van der Waals surface area (Å²) in [6.45, 7) is 9.18. The van der Waals surface area contributed by atoms with Crippen molar-refractivity contribution in [2.24, 2.45) is 0 Å². The number of ether oxygens (including phenoxy) is 2. The molecule has 2 aromatic rings. The Hall–Kier alpha value is -2.84. The molecule has 166 valence electrons. The Bertz CT molecular complexity index is 872. The average Bonchev–Trinajstić information content (AvgIpc) is 2.75. The van der Waals surface area contributed by atoms with Gasteiger partial charge < -0.3 is 24.6 Å². The Kier molecular flexibility index (Phi) is 8.08. The minimum atomic E-state index is -0.323. The highest BCUT2D eigenvalue weighted by Crippen LogP contribution is 2.23. The molecule has 1 saturated heterocycles. The van der Waals surface area contributed by atoms with Crippen molar-refractivity contribution in [3.63, 3.8) is 0 Å². The van der Waals surface area contributed by atoms with Crippen molar-refractivity contribution in [1.82, 2.24) is 5.32 Å². The molecule has 1 aliphatic heterocycles. The smallest absolute Gasteiger partial charge is 0.257 e. The highest BCUT2D eigenvalue weighted by molar-refractivity contribution is 7.80. The first kappa shape index (κ1) is 22.8. The summed E-state index contributed by atoms with van der Waals surface area (Å²) in [5.41, 5.74) is 2.45. The fraction of sp³-hybridized carbons (Fsp3) is 0.391. The molecule has 0 spiro atoms. The number of hydrogen-bond acceptors (Lipinski definition) is 5. The first-order chi connectivity index (χ1) is 15.0. The average molecular weight is 444 g/mol. The topological polar surface area (TPSA) is 67.3 Å². The van der Waals surface area contributed by atoms with Crippen LogP contribution in [0.4, 0.5) is 11.4 Å². The molecule has 0 aliphatic carbocycles. The van der Waals surface area contributed by atoms with E-state index >= 15 is 0 Å². The van der Waals surface area contributed by atoms with Crippen LogP contribution in [0, 0.1) is 0 Å². The van der Waals surface area contributed by atoms with E-state index in [0.29, 0.717) is 30.3 Å². The number of quaternary nitrogens is 1. The number of likely N-dealkylation sites (N-methyl/N-ethyl adjacent to an activating group) is 1. The molecule has 3 rings (SSSR count). The lowest BCUT2D eigenvalue weighted by atomic mass is 10.2. The normalized spacial score (nSPS) is 14.1. The van der Waals surface area contributed by atoms with E-state index in [4.69, 9.17) is 21.7 Å². The lowest BCUT2D eigenvalue weighted by Crippen LogP contribution is -3.12. The van der Waals surface area contributed by atoms with Gasteiger partial charge >= 0.3 is 0 Å². The molecule has 0 aromatic heterocycles. The molecule has 1 aliphatic rings. The zero-order chi connectivity index (χ0) is 22.2. The minimum Gasteiger partial charge on any atom is -0.494 e. The molecule has 8 heteroatoms. The van der Waals surface area contributed by atoms with Gasteiger partial charge in [-0.05, 0) is 62.5 Å². The van der Waals surface area contributed by atoms with Gasteiger partial charge in [0.2, 0.25) is 0 Å². The second-order valence-corrected chi connectivity index (χ2v) is 7.87. The Balaban J connectivity index is 1.59. The summed E-state index contributed by atoms with van der Waals surface area (Å²) in [5, 5.41) is 6.03. The third-order valence-electron chi connectivity index (χ3n) is 5.10. The van der Waals surface area contributed by atoms with E-state index in [2.05, 4.69) is 34.7 Å². The standard InChI is InChI=1S/C23H30N4O3S/c1-4-29-20-14-17(15-21(16-20)30-5-2)22(28)25-23(31)24-18-6-8-19(9-7-18)27-12-10-26(3)11-13-27/h6-9,14-16H,4-5,10-13H2,1-3H3,(H2,24,25,28,31)/p+1. The van der Waals surface area contributed by atoms with Crippen molar-refractivity contribution in [2.75, 3.05) is 56.7 Å². The maximum atomic E-state index is 12.7. The maximum absolute atomic E-state index is 12.7. The molecule has 0 bridgehead atoms. The number of benzene rings is 2. The number of nitrogens with zero attached hydrogens (tertiary/aromatic N) is 1. The number of thiocarbonyl (C=S) groups is 1. The number of rotatable bonds is 7. The SMILES string of the molecule is CCOc1cc(OCC)cc(C(=O)NC(=S)Nc2ccc(N3CC[NH+](C)CC3)cc2)c1. The van der Waals surface area contributed by atoms with Crippen LogP contribution in [0.25, 0.3) is 0 Å². The molecule has 0 saturated carbocycles. The number of nitrogens with one attached hydrogen (secondary N) is 3. The van der Waals surface area contributed by atoms with Gasteiger partial charge in [0.15, 0.2) is 5.11 Å². The quantitative estimate of drug-likeness (QED) is 0.569. The van der Waals surface area contributed by atoms with Crippen LogP contribution in [0.15, 0.2) is 42.5 Å². The molecule has 7 nitrogen and oxygen atoms in total. The monoisotopic (exact) mass is 443 g/mol. The summed E-state index contributed by atoms with van der Waals surface area (Å²) in [6, 6.07) is 13.2. The van der Waals surface area contributed by atoms with Crippen molar-refractivity contribution < 1.29 is 19.2 Å². The third kappa shape index (κ3) is 6.57. The van der Waals surface area contributed by atoms with E-state index in [-0.39, 0.29) is 11.0 Å². The van der Waals surface area contributed by atoms with Crippen molar-refractivity contribution in [2.45, 2.75) is 13.8 Å². The van der Waals surface area contributed by atoms with Gasteiger partial charge in [0.1, 0.15) is 11.5 Å². The van der Waals surface area contributed by atoms with E-state index in [1.165, 1.54) is 5.69 Å². The Labute approximate surface area is 189 Å². The van der Waals surface area contributed by atoms with Crippen LogP contribution < -0.4 is 29.9 Å². The first-order valence-corrected chi connectivity index (χ1v) is 11.1. The summed E-state index contributed by atoms with van der Waals surface area (Å²) < 4.78 is 11.1. The molecule has 2 aromatic carbocycles. The van der Waals surface area contributed by atoms with E-state index in [1.54, 1.807) is 23.1 Å². The van der Waals surface area contributed by atoms with E-state index in [0.717, 1.165) is 31.9 Å². The molecule has 1 amide bonds. The second kappa shape index (κ2) is 11.0. The Morgan fingerprint density at radius 3 is 2.16 bits per heavy atom. The fourth-order valence-corrected chi connectivity index (χ4v) is 3.65. The third-order valence-corrected chi connectivity index (χ3v) is 5.30. The Morgan fingerprint density at radius 2 is 1.61 bits per heavy atom. The van der Waals surface area contributed by atoms with Crippen LogP contribution in [0.2, 0.25) is 0 Å². The highest BCUT2D eigenvalue weighted by Gasteiger charge is 2.17. The summed E-state index contributed by atoms with van der Waals surface area (Å²) >= 11 is 5.33. The van der Waals surface area contributed by atoms with Crippen molar-refractivity contribution in [3.05, 3.63) is 48.0 Å². The number of hydrogen-bond donors (Lipinski definition) is 3. The van der Waals surface area contributed by atoms with Crippen molar-refractivity contribution in [3.8, 4) is 11.5 Å². The predicted octanol–water partition coefficient (Wildman–Crippen LogP) is 1.95. The largest absolute Gasteiger partial charge is 0.494 e. The molecule has 0 atom stereocenters. The van der Waals surface area contributed by atoms with E-state index in [1.807, 2.05) is 26.0 Å². The lowest BCUT2D eigenvalue weighted by molar-refractivity contribution is -0.880. The molecular formula is C23H31N4O3S+. The number of anilines is 2. The van der Waals surface area contributed by atoms with Crippen LogP contribution in [0.1, 0.15) is 24.2 Å². The molecular weight excluding hydrogens is 412 g/mol. The van der Waals surface area contributed by atoms with E-state index < -0.39 is 0 Å². The zero-order valence-electron chi connectivity index (χ0n) is 18.4. The highest BCUT2D eigenvalue weighted by atomic mass is 32.1. The van der Waals surface area contributed by atoms with Gasteiger partial charge in [0.25, 0.3) is 5.91 Å². The Morgan fingerprint density at radius 1 is 1.03 bits per heavy atom. The van der Waals surface area contributed by atoms with Crippen LogP contribution in [-0.2, 0) is 0 Å². The van der Waals surface area contributed by atoms with Gasteiger partial charge in [0, 0.05) is 23.0 Å². The molecule has 0 radical (unpaired) electrons. The summed E-state index contributed by atoms with van der Waals surface area (Å²) in [5.74, 6) is 0.841. The number of amides is 1. The predicted molar refractivity (Wildman–Crippen MR) is 128 cm³/mol. The molecule has 1 heterocycles. The van der Waals surface area contributed by atoms with E-state index in [9.17, 15) is 4.79 Å². The van der Waals surface area contributed by atoms with Gasteiger partial charge in [-0.15, -0.1) is 0 Å². The van der Waals surface area contributed by atoms with Crippen LogP contribution in [0.3, 0.4) is 0 Å². The molecule has 1 fully saturated rings. The van der Waals surface area contributed by atoms with Crippen LogP contribution in [-0.4, -0.2) is 57.5 Å². The van der Waals surface area contributed by atoms with Crippen LogP contribution in [0.5, 0.6) is 11.5 Å².